The second kappa shape index (κ2) is 9.89. The molecule has 8 nitrogen and oxygen atoms in total. The van der Waals surface area contributed by atoms with Gasteiger partial charge >= 0.3 is 0 Å². The van der Waals surface area contributed by atoms with Crippen molar-refractivity contribution in [3.05, 3.63) is 0 Å². The zero-order valence-electron chi connectivity index (χ0n) is 15.3. The van der Waals surface area contributed by atoms with Gasteiger partial charge in [0.25, 0.3) is 0 Å². The molecule has 0 bridgehead atoms. The second-order valence-corrected chi connectivity index (χ2v) is 6.43. The van der Waals surface area contributed by atoms with E-state index in [2.05, 4.69) is 16.0 Å². The summed E-state index contributed by atoms with van der Waals surface area (Å²) >= 11 is 0. The molecule has 0 aliphatic rings. The molecule has 5 N–H and O–H groups in total. The first-order valence-electron chi connectivity index (χ1n) is 8.18. The Labute approximate surface area is 143 Å². The topological polar surface area (TPSA) is 130 Å². The van der Waals surface area contributed by atoms with Crippen LogP contribution in [-0.4, -0.2) is 41.8 Å². The lowest BCUT2D eigenvalue weighted by atomic mass is 9.96. The molecule has 0 spiro atoms. The van der Waals surface area contributed by atoms with E-state index in [1.54, 1.807) is 13.8 Å². The molecule has 0 heterocycles. The van der Waals surface area contributed by atoms with E-state index in [0.29, 0.717) is 6.42 Å². The predicted molar refractivity (Wildman–Crippen MR) is 90.6 cm³/mol. The maximum absolute atomic E-state index is 12.5. The van der Waals surface area contributed by atoms with Crippen LogP contribution in [0.15, 0.2) is 0 Å². The molecule has 0 aromatic carbocycles. The summed E-state index contributed by atoms with van der Waals surface area (Å²) in [4.78, 5) is 47.2. The quantitative estimate of drug-likeness (QED) is 0.457. The van der Waals surface area contributed by atoms with E-state index in [1.165, 1.54) is 13.8 Å². The molecule has 4 atom stereocenters. The molecular weight excluding hydrogens is 312 g/mol. The minimum absolute atomic E-state index is 0.117. The number of carbonyl (C=O) groups is 4. The van der Waals surface area contributed by atoms with Crippen LogP contribution in [0.1, 0.15) is 48.0 Å². The van der Waals surface area contributed by atoms with Crippen LogP contribution in [0.5, 0.6) is 0 Å². The summed E-state index contributed by atoms with van der Waals surface area (Å²) < 4.78 is 0. The summed E-state index contributed by atoms with van der Waals surface area (Å²) in [6.45, 7) is 10.1. The molecule has 0 rings (SSSR count). The van der Waals surface area contributed by atoms with Gasteiger partial charge in [-0.1, -0.05) is 34.1 Å². The minimum Gasteiger partial charge on any atom is -0.368 e. The SMILES string of the molecule is CCC(C)[C@H](NC(=O)[C@@H](NC(=O)[C@H](C)NC(C)=O)C(C)C)C(N)=O. The summed E-state index contributed by atoms with van der Waals surface area (Å²) in [5.74, 6) is -2.22. The fraction of sp³-hybridized carbons (Fsp3) is 0.750. The van der Waals surface area contributed by atoms with Crippen molar-refractivity contribution in [2.75, 3.05) is 0 Å². The molecule has 0 aliphatic heterocycles. The fourth-order valence-corrected chi connectivity index (χ4v) is 2.16. The molecule has 4 amide bonds. The zero-order valence-corrected chi connectivity index (χ0v) is 15.3. The lowest BCUT2D eigenvalue weighted by Gasteiger charge is -2.27. The molecule has 0 radical (unpaired) electrons. The first-order chi connectivity index (χ1) is 11.0. The zero-order chi connectivity index (χ0) is 19.0. The van der Waals surface area contributed by atoms with Gasteiger partial charge in [-0.15, -0.1) is 0 Å². The molecule has 0 saturated carbocycles. The molecule has 0 aliphatic carbocycles. The van der Waals surface area contributed by atoms with Gasteiger partial charge in [0.2, 0.25) is 23.6 Å². The van der Waals surface area contributed by atoms with Crippen LogP contribution in [0.3, 0.4) is 0 Å². The van der Waals surface area contributed by atoms with E-state index in [9.17, 15) is 19.2 Å². The summed E-state index contributed by atoms with van der Waals surface area (Å²) in [7, 11) is 0. The van der Waals surface area contributed by atoms with E-state index in [0.717, 1.165) is 0 Å². The standard InChI is InChI=1S/C16H30N4O4/c1-7-9(4)13(14(17)22)20-16(24)12(8(2)3)19-15(23)10(5)18-11(6)21/h8-10,12-13H,7H2,1-6H3,(H2,17,22)(H,18,21)(H,19,23)(H,20,24)/t9?,10-,12-,13-/m0/s1. The maximum Gasteiger partial charge on any atom is 0.243 e. The van der Waals surface area contributed by atoms with E-state index >= 15 is 0 Å². The fourth-order valence-electron chi connectivity index (χ4n) is 2.16. The smallest absolute Gasteiger partial charge is 0.243 e. The van der Waals surface area contributed by atoms with Crippen LogP contribution in [0.2, 0.25) is 0 Å². The third kappa shape index (κ3) is 6.97. The van der Waals surface area contributed by atoms with Gasteiger partial charge in [-0.2, -0.15) is 0 Å². The van der Waals surface area contributed by atoms with Gasteiger partial charge in [-0.05, 0) is 18.8 Å². The van der Waals surface area contributed by atoms with Crippen LogP contribution in [0.4, 0.5) is 0 Å². The first-order valence-corrected chi connectivity index (χ1v) is 8.18. The predicted octanol–water partition coefficient (Wildman–Crippen LogP) is -0.332. The lowest BCUT2D eigenvalue weighted by Crippen LogP contribution is -2.58. The van der Waals surface area contributed by atoms with E-state index < -0.39 is 35.8 Å². The van der Waals surface area contributed by atoms with Gasteiger partial charge in [-0.3, -0.25) is 19.2 Å². The van der Waals surface area contributed by atoms with Gasteiger partial charge in [-0.25, -0.2) is 0 Å². The van der Waals surface area contributed by atoms with Crippen molar-refractivity contribution < 1.29 is 19.2 Å². The highest BCUT2D eigenvalue weighted by Gasteiger charge is 2.31. The van der Waals surface area contributed by atoms with Crippen molar-refractivity contribution in [1.29, 1.82) is 0 Å². The van der Waals surface area contributed by atoms with Gasteiger partial charge < -0.3 is 21.7 Å². The Balaban J connectivity index is 5.04. The van der Waals surface area contributed by atoms with Crippen molar-refractivity contribution >= 4 is 23.6 Å². The number of amides is 4. The summed E-state index contributed by atoms with van der Waals surface area (Å²) in [6, 6.07) is -2.40. The number of nitrogens with two attached hydrogens (primary N) is 1. The van der Waals surface area contributed by atoms with Crippen molar-refractivity contribution in [3.63, 3.8) is 0 Å². The average Bonchev–Trinajstić information content (AvgIpc) is 2.47. The second-order valence-electron chi connectivity index (χ2n) is 6.43. The van der Waals surface area contributed by atoms with Gasteiger partial charge in [0.1, 0.15) is 18.1 Å². The normalized spacial score (nSPS) is 15.8. The number of rotatable bonds is 9. The maximum atomic E-state index is 12.5. The number of primary amides is 1. The molecule has 1 unspecified atom stereocenters. The number of hydrogen-bond donors (Lipinski definition) is 4. The Morgan fingerprint density at radius 3 is 1.75 bits per heavy atom. The Bertz CT molecular complexity index is 479. The Kier molecular flexibility index (Phi) is 9.02. The third-order valence-electron chi connectivity index (χ3n) is 3.88. The third-order valence-corrected chi connectivity index (χ3v) is 3.88. The van der Waals surface area contributed by atoms with E-state index in [1.807, 2.05) is 13.8 Å². The Morgan fingerprint density at radius 2 is 1.38 bits per heavy atom. The molecule has 0 saturated heterocycles. The highest BCUT2D eigenvalue weighted by molar-refractivity contribution is 5.93. The summed E-state index contributed by atoms with van der Waals surface area (Å²) in [5, 5.41) is 7.68. The molecular formula is C16H30N4O4. The first kappa shape index (κ1) is 21.9. The van der Waals surface area contributed by atoms with Gasteiger partial charge in [0, 0.05) is 6.92 Å². The molecule has 24 heavy (non-hydrogen) atoms. The highest BCUT2D eigenvalue weighted by Crippen LogP contribution is 2.09. The molecule has 0 aromatic heterocycles. The lowest BCUT2D eigenvalue weighted by molar-refractivity contribution is -0.134. The highest BCUT2D eigenvalue weighted by atomic mass is 16.2. The molecule has 8 heteroatoms. The number of hydrogen-bond acceptors (Lipinski definition) is 4. The van der Waals surface area contributed by atoms with Crippen molar-refractivity contribution in [2.45, 2.75) is 66.1 Å². The van der Waals surface area contributed by atoms with Crippen LogP contribution in [-0.2, 0) is 19.2 Å². The molecule has 0 fully saturated rings. The Hall–Kier alpha value is -2.12. The van der Waals surface area contributed by atoms with E-state index in [4.69, 9.17) is 5.73 Å². The average molecular weight is 342 g/mol. The van der Waals surface area contributed by atoms with Crippen molar-refractivity contribution in [1.82, 2.24) is 16.0 Å². The Morgan fingerprint density at radius 1 is 0.875 bits per heavy atom. The van der Waals surface area contributed by atoms with Gasteiger partial charge in [0.15, 0.2) is 0 Å². The van der Waals surface area contributed by atoms with Crippen LogP contribution in [0.25, 0.3) is 0 Å². The largest absolute Gasteiger partial charge is 0.368 e. The van der Waals surface area contributed by atoms with Crippen LogP contribution < -0.4 is 21.7 Å². The minimum atomic E-state index is -0.834. The van der Waals surface area contributed by atoms with Crippen LogP contribution >= 0.6 is 0 Å². The molecule has 0 aromatic rings. The summed E-state index contributed by atoms with van der Waals surface area (Å²) in [6.07, 6.45) is 0.673. The van der Waals surface area contributed by atoms with Crippen molar-refractivity contribution in [3.8, 4) is 0 Å². The van der Waals surface area contributed by atoms with E-state index in [-0.39, 0.29) is 17.7 Å². The number of nitrogens with one attached hydrogen (secondary N) is 3. The van der Waals surface area contributed by atoms with Gasteiger partial charge in [0.05, 0.1) is 0 Å². The number of carbonyl (C=O) groups excluding carboxylic acids is 4. The molecule has 138 valence electrons. The van der Waals surface area contributed by atoms with Crippen molar-refractivity contribution in [2.24, 2.45) is 17.6 Å². The monoisotopic (exact) mass is 342 g/mol. The van der Waals surface area contributed by atoms with Crippen LogP contribution in [0, 0.1) is 11.8 Å². The summed E-state index contributed by atoms with van der Waals surface area (Å²) in [5.41, 5.74) is 5.35.